The van der Waals surface area contributed by atoms with E-state index in [0.29, 0.717) is 16.7 Å². The lowest BCUT2D eigenvalue weighted by molar-refractivity contribution is -0.151. The highest BCUT2D eigenvalue weighted by Gasteiger charge is 2.44. The van der Waals surface area contributed by atoms with Gasteiger partial charge in [0.1, 0.15) is 6.33 Å². The summed E-state index contributed by atoms with van der Waals surface area (Å²) in [6.07, 6.45) is 0.724. The first kappa shape index (κ1) is 29.2. The zero-order chi connectivity index (χ0) is 28.2. The van der Waals surface area contributed by atoms with Crippen molar-refractivity contribution in [3.05, 3.63) is 48.5 Å². The third kappa shape index (κ3) is 7.23. The molecule has 1 aliphatic rings. The van der Waals surface area contributed by atoms with Crippen LogP contribution in [0, 0.1) is 0 Å². The molecule has 0 spiro atoms. The van der Waals surface area contributed by atoms with Crippen LogP contribution in [0.4, 0.5) is 5.82 Å². The maximum absolute atomic E-state index is 13.4. The lowest BCUT2D eigenvalue weighted by Gasteiger charge is -2.26. The Bertz CT molecular complexity index is 1340. The molecule has 12 nitrogen and oxygen atoms in total. The van der Waals surface area contributed by atoms with Gasteiger partial charge in [0.2, 0.25) is 0 Å². The zero-order valence-electron chi connectivity index (χ0n) is 22.3. The molecule has 1 saturated heterocycles. The predicted molar refractivity (Wildman–Crippen MR) is 147 cm³/mol. The highest BCUT2D eigenvalue weighted by atomic mass is 32.2. The summed E-state index contributed by atoms with van der Waals surface area (Å²) >= 11 is 1.30. The van der Waals surface area contributed by atoms with Gasteiger partial charge in [0.05, 0.1) is 35.9 Å². The number of hydrogen-bond donors (Lipinski definition) is 1. The number of esters is 1. The standard InChI is InChI=1S/C25H32N5O7PS/c1-15(2)36-38(33,37-16(3)4)14-39-19-11-34-25(21(19)35-17(5)31)30-13-28-20-22(26-12-27-23(20)30)29-24(32)18-9-7-6-8-10-18/h6-10,12-13,15-16,19,21,25H,11,14H2,1-5H3,(H,26,27,29,32)/t19-,21+,25+/m0/s1. The number of amides is 1. The van der Waals surface area contributed by atoms with Crippen molar-refractivity contribution in [1.29, 1.82) is 0 Å². The number of rotatable bonds is 11. The van der Waals surface area contributed by atoms with Crippen molar-refractivity contribution in [3.63, 3.8) is 0 Å². The van der Waals surface area contributed by atoms with Crippen LogP contribution in [-0.4, -0.2) is 67.1 Å². The monoisotopic (exact) mass is 577 g/mol. The molecule has 0 radical (unpaired) electrons. The quantitative estimate of drug-likeness (QED) is 0.251. The number of carbonyl (C=O) groups is 2. The molecule has 2 aromatic heterocycles. The van der Waals surface area contributed by atoms with Crippen molar-refractivity contribution >= 4 is 48.2 Å². The van der Waals surface area contributed by atoms with Crippen LogP contribution in [0.5, 0.6) is 0 Å². The average Bonchev–Trinajstić information content (AvgIpc) is 3.46. The molecule has 1 fully saturated rings. The van der Waals surface area contributed by atoms with Crippen molar-refractivity contribution in [2.75, 3.05) is 17.4 Å². The van der Waals surface area contributed by atoms with E-state index in [0.717, 1.165) is 0 Å². The maximum Gasteiger partial charge on any atom is 0.340 e. The number of carbonyl (C=O) groups excluding carboxylic acids is 2. The third-order valence-electron chi connectivity index (χ3n) is 5.47. The van der Waals surface area contributed by atoms with E-state index in [1.807, 2.05) is 6.07 Å². The highest BCUT2D eigenvalue weighted by Crippen LogP contribution is 2.54. The van der Waals surface area contributed by atoms with Gasteiger partial charge in [-0.05, 0) is 39.8 Å². The van der Waals surface area contributed by atoms with E-state index in [-0.39, 0.29) is 41.3 Å². The van der Waals surface area contributed by atoms with Gasteiger partial charge in [-0.3, -0.25) is 18.7 Å². The maximum atomic E-state index is 13.4. The van der Waals surface area contributed by atoms with E-state index in [1.165, 1.54) is 31.3 Å². The molecule has 39 heavy (non-hydrogen) atoms. The molecule has 0 bridgehead atoms. The summed E-state index contributed by atoms with van der Waals surface area (Å²) in [7, 11) is -3.42. The van der Waals surface area contributed by atoms with Crippen LogP contribution in [0.1, 0.15) is 51.2 Å². The molecule has 0 unspecified atom stereocenters. The Morgan fingerprint density at radius 3 is 2.46 bits per heavy atom. The summed E-state index contributed by atoms with van der Waals surface area (Å²) < 4.78 is 38.0. The minimum atomic E-state index is -3.42. The average molecular weight is 578 g/mol. The van der Waals surface area contributed by atoms with Gasteiger partial charge in [0.15, 0.2) is 29.3 Å². The van der Waals surface area contributed by atoms with E-state index in [2.05, 4.69) is 20.3 Å². The van der Waals surface area contributed by atoms with Crippen molar-refractivity contribution < 1.29 is 32.7 Å². The van der Waals surface area contributed by atoms with Crippen molar-refractivity contribution in [3.8, 4) is 0 Å². The number of benzene rings is 1. The molecule has 1 amide bonds. The number of nitrogens with zero attached hydrogens (tertiary/aromatic N) is 4. The Morgan fingerprint density at radius 1 is 1.13 bits per heavy atom. The summed E-state index contributed by atoms with van der Waals surface area (Å²) in [5.74, 6) is -0.595. The van der Waals surface area contributed by atoms with E-state index in [4.69, 9.17) is 18.5 Å². The first-order valence-electron chi connectivity index (χ1n) is 12.5. The summed E-state index contributed by atoms with van der Waals surface area (Å²) in [6, 6.07) is 8.74. The van der Waals surface area contributed by atoms with Crippen LogP contribution in [0.3, 0.4) is 0 Å². The van der Waals surface area contributed by atoms with Crippen LogP contribution >= 0.6 is 19.4 Å². The topological polar surface area (TPSA) is 144 Å². The molecule has 0 saturated carbocycles. The molecular weight excluding hydrogens is 545 g/mol. The molecule has 3 atom stereocenters. The molecule has 1 aromatic carbocycles. The normalized spacial score (nSPS) is 19.6. The summed E-state index contributed by atoms with van der Waals surface area (Å²) in [5, 5.41) is 2.40. The van der Waals surface area contributed by atoms with Gasteiger partial charge in [-0.2, -0.15) is 0 Å². The Kier molecular flexibility index (Phi) is 9.39. The molecule has 210 valence electrons. The Labute approximate surface area is 230 Å². The number of thioether (sulfide) groups is 1. The molecule has 3 aromatic rings. The smallest absolute Gasteiger partial charge is 0.340 e. The van der Waals surface area contributed by atoms with Crippen LogP contribution < -0.4 is 5.32 Å². The number of aromatic nitrogens is 4. The van der Waals surface area contributed by atoms with Gasteiger partial charge in [-0.25, -0.2) is 15.0 Å². The SMILES string of the molecule is CC(=O)O[C@@H]1[C@@H](SCP(=O)(OC(C)C)OC(C)C)CO[C@H]1n1cnc2c(NC(=O)c3ccccc3)ncnc21. The molecule has 14 heteroatoms. The molecule has 1 aliphatic heterocycles. The first-order valence-corrected chi connectivity index (χ1v) is 15.2. The third-order valence-corrected chi connectivity index (χ3v) is 9.65. The Morgan fingerprint density at radius 2 is 1.82 bits per heavy atom. The molecule has 3 heterocycles. The van der Waals surface area contributed by atoms with Crippen LogP contribution in [0.25, 0.3) is 11.2 Å². The number of nitrogens with one attached hydrogen (secondary N) is 1. The van der Waals surface area contributed by atoms with Gasteiger partial charge in [0, 0.05) is 12.5 Å². The Balaban J connectivity index is 1.56. The number of fused-ring (bicyclic) bond motifs is 1. The van der Waals surface area contributed by atoms with Crippen LogP contribution in [-0.2, 0) is 27.9 Å². The zero-order valence-corrected chi connectivity index (χ0v) is 24.1. The summed E-state index contributed by atoms with van der Waals surface area (Å²) in [6.45, 7) is 8.69. The second-order valence-electron chi connectivity index (χ2n) is 9.42. The lowest BCUT2D eigenvalue weighted by Crippen LogP contribution is -2.32. The largest absolute Gasteiger partial charge is 0.456 e. The minimum Gasteiger partial charge on any atom is -0.456 e. The van der Waals surface area contributed by atoms with E-state index in [9.17, 15) is 14.2 Å². The van der Waals surface area contributed by atoms with Gasteiger partial charge >= 0.3 is 13.6 Å². The minimum absolute atomic E-state index is 0.0599. The second kappa shape index (κ2) is 12.6. The van der Waals surface area contributed by atoms with Crippen LogP contribution in [0.2, 0.25) is 0 Å². The van der Waals surface area contributed by atoms with Gasteiger partial charge in [-0.1, -0.05) is 18.2 Å². The molecule has 4 rings (SSSR count). The van der Waals surface area contributed by atoms with E-state index in [1.54, 1.807) is 56.5 Å². The van der Waals surface area contributed by atoms with Crippen molar-refractivity contribution in [2.24, 2.45) is 0 Å². The molecular formula is C25H32N5O7PS. The van der Waals surface area contributed by atoms with Crippen molar-refractivity contribution in [1.82, 2.24) is 19.5 Å². The lowest BCUT2D eigenvalue weighted by atomic mass is 10.2. The number of hydrogen-bond acceptors (Lipinski definition) is 11. The number of ether oxygens (including phenoxy) is 2. The van der Waals surface area contributed by atoms with Gasteiger partial charge in [-0.15, -0.1) is 11.8 Å². The molecule has 0 aliphatic carbocycles. The first-order chi connectivity index (χ1) is 18.6. The second-order valence-corrected chi connectivity index (χ2v) is 13.0. The number of imidazole rings is 1. The number of anilines is 1. The Hall–Kier alpha value is -2.83. The van der Waals surface area contributed by atoms with Gasteiger partial charge in [0.25, 0.3) is 5.91 Å². The van der Waals surface area contributed by atoms with Crippen LogP contribution in [0.15, 0.2) is 43.0 Å². The van der Waals surface area contributed by atoms with Crippen molar-refractivity contribution in [2.45, 2.75) is 64.4 Å². The van der Waals surface area contributed by atoms with E-state index < -0.39 is 25.9 Å². The highest BCUT2D eigenvalue weighted by molar-refractivity contribution is 8.05. The van der Waals surface area contributed by atoms with E-state index >= 15 is 0 Å². The van der Waals surface area contributed by atoms with Gasteiger partial charge < -0.3 is 23.8 Å². The predicted octanol–water partition coefficient (Wildman–Crippen LogP) is 4.64. The fourth-order valence-electron chi connectivity index (χ4n) is 4.09. The molecule has 1 N–H and O–H groups in total. The fourth-order valence-corrected chi connectivity index (χ4v) is 7.96. The summed E-state index contributed by atoms with van der Waals surface area (Å²) in [4.78, 5) is 37.7. The fraction of sp³-hybridized carbons (Fsp3) is 0.480. The summed E-state index contributed by atoms with van der Waals surface area (Å²) in [5.41, 5.74) is 1.27.